The molecule has 0 radical (unpaired) electrons. The molecule has 0 aliphatic carbocycles. The number of nitrogens with two attached hydrogens (primary N) is 1. The van der Waals surface area contributed by atoms with E-state index >= 15 is 0 Å². The number of thioether (sulfide) groups is 1. The van der Waals surface area contributed by atoms with Gasteiger partial charge in [0.15, 0.2) is 0 Å². The highest BCUT2D eigenvalue weighted by atomic mass is 32.2. The molecule has 0 atom stereocenters. The normalized spacial score (nSPS) is 20.3. The van der Waals surface area contributed by atoms with Crippen LogP contribution in [0.3, 0.4) is 0 Å². The summed E-state index contributed by atoms with van der Waals surface area (Å²) in [6.07, 6.45) is 2.90. The van der Waals surface area contributed by atoms with E-state index in [1.807, 2.05) is 0 Å². The highest BCUT2D eigenvalue weighted by Gasteiger charge is 2.06. The summed E-state index contributed by atoms with van der Waals surface area (Å²) in [6, 6.07) is 0. The highest BCUT2D eigenvalue weighted by Crippen LogP contribution is 2.21. The van der Waals surface area contributed by atoms with Gasteiger partial charge in [0.25, 0.3) is 0 Å². The quantitative estimate of drug-likeness (QED) is 0.564. The van der Waals surface area contributed by atoms with Crippen molar-refractivity contribution in [2.24, 2.45) is 11.7 Å². The first-order chi connectivity index (χ1) is 4.39. The lowest BCUT2D eigenvalue weighted by Gasteiger charge is -2.15. The molecule has 1 fully saturated rings. The molecule has 0 aromatic heterocycles. The molecular weight excluding hydrogens is 130 g/mol. The van der Waals surface area contributed by atoms with E-state index in [9.17, 15) is 0 Å². The van der Waals surface area contributed by atoms with Gasteiger partial charge >= 0.3 is 0 Å². The fourth-order valence-corrected chi connectivity index (χ4v) is 2.16. The average molecular weight is 147 g/mol. The monoisotopic (exact) mass is 147 g/mol. The molecule has 0 bridgehead atoms. The smallest absolute Gasteiger partial charge is 0.00650 e. The molecule has 0 aromatic rings. The summed E-state index contributed by atoms with van der Waals surface area (Å²) in [5, 5.41) is 0. The zero-order valence-corrected chi connectivity index (χ0v) is 7.21. The van der Waals surface area contributed by atoms with Gasteiger partial charge in [0, 0.05) is 0 Å². The van der Waals surface area contributed by atoms with Crippen molar-refractivity contribution in [2.75, 3.05) is 18.6 Å². The third-order valence-electron chi connectivity index (χ3n) is 1.51. The van der Waals surface area contributed by atoms with Crippen molar-refractivity contribution < 1.29 is 0 Å². The van der Waals surface area contributed by atoms with Gasteiger partial charge in [-0.25, -0.2) is 0 Å². The first-order valence-corrected chi connectivity index (χ1v) is 4.70. The van der Waals surface area contributed by atoms with Crippen LogP contribution in [0.5, 0.6) is 0 Å². The van der Waals surface area contributed by atoms with Crippen LogP contribution >= 0.6 is 11.8 Å². The Kier molecular flexibility index (Phi) is 6.65. The van der Waals surface area contributed by atoms with E-state index in [1.54, 1.807) is 0 Å². The summed E-state index contributed by atoms with van der Waals surface area (Å²) in [5.41, 5.74) is 4.50. The zero-order valence-electron chi connectivity index (χ0n) is 6.39. The molecule has 1 aliphatic heterocycles. The van der Waals surface area contributed by atoms with E-state index in [0.717, 1.165) is 5.92 Å². The van der Waals surface area contributed by atoms with Gasteiger partial charge in [0.1, 0.15) is 0 Å². The molecule has 1 saturated heterocycles. The van der Waals surface area contributed by atoms with Gasteiger partial charge in [0.05, 0.1) is 0 Å². The lowest BCUT2D eigenvalue weighted by Crippen LogP contribution is -2.04. The second kappa shape index (κ2) is 6.43. The summed E-state index contributed by atoms with van der Waals surface area (Å²) in [4.78, 5) is 0. The molecule has 1 rings (SSSR count). The fraction of sp³-hybridized carbons (Fsp3) is 1.00. The first kappa shape index (κ1) is 9.31. The van der Waals surface area contributed by atoms with Crippen LogP contribution in [0.1, 0.15) is 19.8 Å². The third-order valence-corrected chi connectivity index (χ3v) is 2.56. The SMILES string of the molecule is CC1CCSCC1.CN. The predicted molar refractivity (Wildman–Crippen MR) is 45.8 cm³/mol. The summed E-state index contributed by atoms with van der Waals surface area (Å²) >= 11 is 2.10. The van der Waals surface area contributed by atoms with Gasteiger partial charge in [-0.15, -0.1) is 0 Å². The maximum absolute atomic E-state index is 4.50. The van der Waals surface area contributed by atoms with Gasteiger partial charge in [-0.05, 0) is 37.3 Å². The molecule has 0 aromatic carbocycles. The van der Waals surface area contributed by atoms with E-state index in [1.165, 1.54) is 31.4 Å². The van der Waals surface area contributed by atoms with Crippen LogP contribution in [-0.4, -0.2) is 18.6 Å². The predicted octanol–water partition coefficient (Wildman–Crippen LogP) is 1.72. The molecule has 2 N–H and O–H groups in total. The molecular formula is C7H17NS. The molecule has 2 heteroatoms. The summed E-state index contributed by atoms with van der Waals surface area (Å²) < 4.78 is 0. The second-order valence-corrected chi connectivity index (χ2v) is 3.52. The van der Waals surface area contributed by atoms with Crippen molar-refractivity contribution in [3.05, 3.63) is 0 Å². The first-order valence-electron chi connectivity index (χ1n) is 3.55. The number of hydrogen-bond donors (Lipinski definition) is 1. The largest absolute Gasteiger partial charge is 0.333 e. The molecule has 0 saturated carbocycles. The van der Waals surface area contributed by atoms with Crippen molar-refractivity contribution in [3.8, 4) is 0 Å². The Labute approximate surface area is 62.4 Å². The van der Waals surface area contributed by atoms with Crippen LogP contribution in [0, 0.1) is 5.92 Å². The van der Waals surface area contributed by atoms with Crippen molar-refractivity contribution in [1.82, 2.24) is 0 Å². The summed E-state index contributed by atoms with van der Waals surface area (Å²) in [6.45, 7) is 2.35. The number of hydrogen-bond acceptors (Lipinski definition) is 2. The highest BCUT2D eigenvalue weighted by molar-refractivity contribution is 7.99. The minimum absolute atomic E-state index is 1.02. The molecule has 1 aliphatic rings. The molecule has 9 heavy (non-hydrogen) atoms. The van der Waals surface area contributed by atoms with Crippen molar-refractivity contribution >= 4 is 11.8 Å². The van der Waals surface area contributed by atoms with Crippen LogP contribution in [-0.2, 0) is 0 Å². The maximum atomic E-state index is 4.50. The molecule has 0 unspecified atom stereocenters. The Morgan fingerprint density at radius 3 is 1.89 bits per heavy atom. The van der Waals surface area contributed by atoms with E-state index in [0.29, 0.717) is 0 Å². The van der Waals surface area contributed by atoms with Crippen molar-refractivity contribution in [2.45, 2.75) is 19.8 Å². The van der Waals surface area contributed by atoms with E-state index in [4.69, 9.17) is 0 Å². The molecule has 1 heterocycles. The lowest BCUT2D eigenvalue weighted by molar-refractivity contribution is 0.541. The van der Waals surface area contributed by atoms with Crippen LogP contribution in [0.25, 0.3) is 0 Å². The Bertz CT molecular complexity index is 50.9. The van der Waals surface area contributed by atoms with Gasteiger partial charge < -0.3 is 5.73 Å². The standard InChI is InChI=1S/C6H12S.CH5N/c1-6-2-4-7-5-3-6;1-2/h6H,2-5H2,1H3;2H2,1H3. The van der Waals surface area contributed by atoms with Gasteiger partial charge in [-0.3, -0.25) is 0 Å². The van der Waals surface area contributed by atoms with Crippen LogP contribution < -0.4 is 5.73 Å². The Hall–Kier alpha value is 0.310. The van der Waals surface area contributed by atoms with Crippen LogP contribution in [0.4, 0.5) is 0 Å². The fourth-order valence-electron chi connectivity index (χ4n) is 0.815. The summed E-state index contributed by atoms with van der Waals surface area (Å²) in [5.74, 6) is 3.82. The van der Waals surface area contributed by atoms with E-state index in [2.05, 4.69) is 24.4 Å². The Balaban J connectivity index is 0.000000291. The van der Waals surface area contributed by atoms with Gasteiger partial charge in [0.2, 0.25) is 0 Å². The Morgan fingerprint density at radius 1 is 1.22 bits per heavy atom. The molecule has 1 nitrogen and oxygen atoms in total. The van der Waals surface area contributed by atoms with Crippen molar-refractivity contribution in [1.29, 1.82) is 0 Å². The average Bonchev–Trinajstić information content (AvgIpc) is 1.94. The Morgan fingerprint density at radius 2 is 1.67 bits per heavy atom. The van der Waals surface area contributed by atoms with Gasteiger partial charge in [-0.2, -0.15) is 11.8 Å². The zero-order chi connectivity index (χ0) is 7.11. The topological polar surface area (TPSA) is 26.0 Å². The van der Waals surface area contributed by atoms with Crippen molar-refractivity contribution in [3.63, 3.8) is 0 Å². The molecule has 0 spiro atoms. The van der Waals surface area contributed by atoms with E-state index in [-0.39, 0.29) is 0 Å². The minimum atomic E-state index is 1.02. The second-order valence-electron chi connectivity index (χ2n) is 2.29. The third kappa shape index (κ3) is 4.79. The maximum Gasteiger partial charge on any atom is -0.00650 e. The van der Waals surface area contributed by atoms with Crippen LogP contribution in [0.15, 0.2) is 0 Å². The lowest BCUT2D eigenvalue weighted by atomic mass is 10.1. The van der Waals surface area contributed by atoms with Crippen LogP contribution in [0.2, 0.25) is 0 Å². The number of rotatable bonds is 0. The van der Waals surface area contributed by atoms with E-state index < -0.39 is 0 Å². The molecule has 56 valence electrons. The minimum Gasteiger partial charge on any atom is -0.333 e. The molecule has 0 amide bonds. The summed E-state index contributed by atoms with van der Waals surface area (Å²) in [7, 11) is 1.50. The van der Waals surface area contributed by atoms with Gasteiger partial charge in [-0.1, -0.05) is 6.92 Å².